The Morgan fingerprint density at radius 1 is 1.21 bits per heavy atom. The highest BCUT2D eigenvalue weighted by molar-refractivity contribution is 7.84. The van der Waals surface area contributed by atoms with Crippen LogP contribution >= 0.6 is 0 Å². The Bertz CT molecular complexity index is 794. The van der Waals surface area contributed by atoms with Gasteiger partial charge >= 0.3 is 0 Å². The number of aryl methyl sites for hydroxylation is 1. The van der Waals surface area contributed by atoms with Gasteiger partial charge in [0.15, 0.2) is 5.96 Å². The molecule has 0 saturated heterocycles. The number of nitrogens with one attached hydrogen (secondary N) is 2. The number of rotatable bonds is 9. The largest absolute Gasteiger partial charge is 0.496 e. The molecule has 0 fully saturated rings. The van der Waals surface area contributed by atoms with Crippen molar-refractivity contribution in [3.63, 3.8) is 0 Å². The number of benzene rings is 2. The first-order valence-electron chi connectivity index (χ1n) is 9.61. The second-order valence-electron chi connectivity index (χ2n) is 6.65. The molecule has 0 aliphatic heterocycles. The fourth-order valence-corrected chi connectivity index (χ4v) is 3.89. The highest BCUT2D eigenvalue weighted by Gasteiger charge is 2.13. The number of aliphatic imine (C=N–C) groups is 1. The number of guanidine groups is 1. The summed E-state index contributed by atoms with van der Waals surface area (Å²) in [7, 11) is 0.752. The Kier molecular flexibility index (Phi) is 9.01. The van der Waals surface area contributed by atoms with Gasteiger partial charge in [-0.1, -0.05) is 48.0 Å². The molecule has 0 bridgehead atoms. The maximum Gasteiger partial charge on any atom is 0.191 e. The quantitative estimate of drug-likeness (QED) is 0.498. The van der Waals surface area contributed by atoms with Crippen LogP contribution in [0.15, 0.2) is 53.5 Å². The van der Waals surface area contributed by atoms with E-state index in [-0.39, 0.29) is 6.04 Å². The summed E-state index contributed by atoms with van der Waals surface area (Å²) in [4.78, 5) is 4.60. The molecule has 5 nitrogen and oxygen atoms in total. The SMILES string of the molecule is CCNC(=NCCS(=O)Cc1ccccc1)NC(C)c1cc(C)ccc1OC. The van der Waals surface area contributed by atoms with Crippen LogP contribution in [0.5, 0.6) is 5.75 Å². The molecule has 2 N–H and O–H groups in total. The summed E-state index contributed by atoms with van der Waals surface area (Å²) < 4.78 is 17.8. The van der Waals surface area contributed by atoms with E-state index >= 15 is 0 Å². The summed E-state index contributed by atoms with van der Waals surface area (Å²) >= 11 is 0. The van der Waals surface area contributed by atoms with Crippen LogP contribution in [-0.2, 0) is 16.6 Å². The molecule has 0 spiro atoms. The van der Waals surface area contributed by atoms with E-state index in [2.05, 4.69) is 35.5 Å². The first-order chi connectivity index (χ1) is 13.5. The average molecular weight is 402 g/mol. The summed E-state index contributed by atoms with van der Waals surface area (Å²) in [5, 5.41) is 6.68. The van der Waals surface area contributed by atoms with Crippen molar-refractivity contribution in [3.8, 4) is 5.75 Å². The number of ether oxygens (including phenoxy) is 1. The molecule has 0 radical (unpaired) electrons. The summed E-state index contributed by atoms with van der Waals surface area (Å²) in [6.07, 6.45) is 0. The average Bonchev–Trinajstić information content (AvgIpc) is 2.68. The third kappa shape index (κ3) is 7.00. The zero-order valence-corrected chi connectivity index (χ0v) is 18.0. The minimum atomic E-state index is -0.931. The monoisotopic (exact) mass is 401 g/mol. The van der Waals surface area contributed by atoms with Gasteiger partial charge in [0.05, 0.1) is 19.7 Å². The lowest BCUT2D eigenvalue weighted by Gasteiger charge is -2.20. The normalized spacial score (nSPS) is 13.6. The topological polar surface area (TPSA) is 62.7 Å². The van der Waals surface area contributed by atoms with Gasteiger partial charge < -0.3 is 15.4 Å². The van der Waals surface area contributed by atoms with Gasteiger partial charge in [0, 0.05) is 34.4 Å². The number of methoxy groups -OCH3 is 1. The number of hydrogen-bond acceptors (Lipinski definition) is 3. The van der Waals surface area contributed by atoms with Gasteiger partial charge in [-0.2, -0.15) is 0 Å². The lowest BCUT2D eigenvalue weighted by Crippen LogP contribution is -2.39. The third-order valence-corrected chi connectivity index (χ3v) is 5.60. The van der Waals surface area contributed by atoms with Crippen LogP contribution in [0.3, 0.4) is 0 Å². The van der Waals surface area contributed by atoms with Crippen molar-refractivity contribution in [1.29, 1.82) is 0 Å². The fourth-order valence-electron chi connectivity index (χ4n) is 2.89. The number of hydrogen-bond donors (Lipinski definition) is 2. The van der Waals surface area contributed by atoms with E-state index in [9.17, 15) is 4.21 Å². The van der Waals surface area contributed by atoms with Gasteiger partial charge in [-0.25, -0.2) is 0 Å². The van der Waals surface area contributed by atoms with Gasteiger partial charge in [0.2, 0.25) is 0 Å². The van der Waals surface area contributed by atoms with E-state index in [1.54, 1.807) is 7.11 Å². The van der Waals surface area contributed by atoms with Crippen LogP contribution in [-0.4, -0.2) is 36.1 Å². The fraction of sp³-hybridized carbons (Fsp3) is 0.409. The van der Waals surface area contributed by atoms with E-state index < -0.39 is 10.8 Å². The smallest absolute Gasteiger partial charge is 0.191 e. The minimum Gasteiger partial charge on any atom is -0.496 e. The van der Waals surface area contributed by atoms with Crippen LogP contribution in [0.2, 0.25) is 0 Å². The maximum atomic E-state index is 12.3. The van der Waals surface area contributed by atoms with Gasteiger partial charge in [-0.15, -0.1) is 0 Å². The molecular weight excluding hydrogens is 370 g/mol. The molecule has 6 heteroatoms. The molecule has 2 unspecified atom stereocenters. The van der Waals surface area contributed by atoms with Crippen LogP contribution in [0.1, 0.15) is 36.6 Å². The number of nitrogens with zero attached hydrogens (tertiary/aromatic N) is 1. The van der Waals surface area contributed by atoms with Crippen molar-refractivity contribution < 1.29 is 8.95 Å². The molecule has 0 aromatic heterocycles. The molecule has 28 heavy (non-hydrogen) atoms. The van der Waals surface area contributed by atoms with E-state index in [1.165, 1.54) is 5.56 Å². The second-order valence-corrected chi connectivity index (χ2v) is 8.22. The van der Waals surface area contributed by atoms with Gasteiger partial charge in [-0.3, -0.25) is 9.20 Å². The van der Waals surface area contributed by atoms with Gasteiger partial charge in [-0.05, 0) is 32.4 Å². The highest BCUT2D eigenvalue weighted by atomic mass is 32.2. The van der Waals surface area contributed by atoms with Crippen LogP contribution in [0.25, 0.3) is 0 Å². The Morgan fingerprint density at radius 3 is 2.64 bits per heavy atom. The maximum absolute atomic E-state index is 12.3. The Labute approximate surface area is 171 Å². The molecule has 0 saturated carbocycles. The minimum absolute atomic E-state index is 0.0301. The van der Waals surface area contributed by atoms with Crippen molar-refractivity contribution in [1.82, 2.24) is 10.6 Å². The van der Waals surface area contributed by atoms with Crippen molar-refractivity contribution >= 4 is 16.8 Å². The van der Waals surface area contributed by atoms with Crippen molar-refractivity contribution in [2.75, 3.05) is 26.0 Å². The van der Waals surface area contributed by atoms with Crippen molar-refractivity contribution in [2.24, 2.45) is 4.99 Å². The molecular formula is C22H31N3O2S. The van der Waals surface area contributed by atoms with Crippen molar-refractivity contribution in [2.45, 2.75) is 32.6 Å². The summed E-state index contributed by atoms with van der Waals surface area (Å²) in [6.45, 7) is 7.44. The molecule has 2 aromatic carbocycles. The van der Waals surface area contributed by atoms with Crippen LogP contribution in [0.4, 0.5) is 0 Å². The Hall–Kier alpha value is -2.34. The Balaban J connectivity index is 1.96. The Morgan fingerprint density at radius 2 is 1.96 bits per heavy atom. The molecule has 152 valence electrons. The molecule has 2 rings (SSSR count). The predicted octanol–water partition coefficient (Wildman–Crippen LogP) is 3.57. The molecule has 0 amide bonds. The van der Waals surface area contributed by atoms with E-state index in [4.69, 9.17) is 4.74 Å². The lowest BCUT2D eigenvalue weighted by molar-refractivity contribution is 0.405. The van der Waals surface area contributed by atoms with E-state index in [1.807, 2.05) is 49.4 Å². The van der Waals surface area contributed by atoms with Crippen molar-refractivity contribution in [3.05, 3.63) is 65.2 Å². The predicted molar refractivity (Wildman–Crippen MR) is 118 cm³/mol. The second kappa shape index (κ2) is 11.5. The van der Waals surface area contributed by atoms with E-state index in [0.717, 1.165) is 29.4 Å². The zero-order chi connectivity index (χ0) is 20.4. The summed E-state index contributed by atoms with van der Waals surface area (Å²) in [5.74, 6) is 2.67. The molecule has 2 atom stereocenters. The summed E-state index contributed by atoms with van der Waals surface area (Å²) in [5.41, 5.74) is 3.36. The highest BCUT2D eigenvalue weighted by Crippen LogP contribution is 2.25. The molecule has 0 aliphatic carbocycles. The molecule has 2 aromatic rings. The summed E-state index contributed by atoms with van der Waals surface area (Å²) in [6, 6.07) is 16.1. The van der Waals surface area contributed by atoms with Gasteiger partial charge in [0.25, 0.3) is 0 Å². The molecule has 0 aliphatic rings. The van der Waals surface area contributed by atoms with Crippen LogP contribution < -0.4 is 15.4 Å². The molecule has 0 heterocycles. The first-order valence-corrected chi connectivity index (χ1v) is 11.1. The van der Waals surface area contributed by atoms with E-state index in [0.29, 0.717) is 18.1 Å². The van der Waals surface area contributed by atoms with Crippen LogP contribution in [0, 0.1) is 6.92 Å². The lowest BCUT2D eigenvalue weighted by atomic mass is 10.0. The van der Waals surface area contributed by atoms with Gasteiger partial charge in [0.1, 0.15) is 5.75 Å². The first kappa shape index (κ1) is 22.0. The third-order valence-electron chi connectivity index (χ3n) is 4.31. The standard InChI is InChI=1S/C22H31N3O2S/c1-5-23-22(24-13-14-28(26)16-19-9-7-6-8-10-19)25-18(3)20-15-17(2)11-12-21(20)27-4/h6-12,15,18H,5,13-14,16H2,1-4H3,(H2,23,24,25). The zero-order valence-electron chi connectivity index (χ0n) is 17.2.